The van der Waals surface area contributed by atoms with Crippen LogP contribution in [0.15, 0.2) is 24.3 Å². The monoisotopic (exact) mass is 181 g/mol. The van der Waals surface area contributed by atoms with Crippen LogP contribution in [-0.4, -0.2) is 23.3 Å². The van der Waals surface area contributed by atoms with Gasteiger partial charge in [0.15, 0.2) is 0 Å². The van der Waals surface area contributed by atoms with E-state index in [2.05, 4.69) is 5.32 Å². The normalized spacial score (nSPS) is 15.3. The van der Waals surface area contributed by atoms with Crippen LogP contribution in [0, 0.1) is 0 Å². The lowest BCUT2D eigenvalue weighted by atomic mass is 10.0. The zero-order valence-electron chi connectivity index (χ0n) is 7.86. The van der Waals surface area contributed by atoms with E-state index in [9.17, 15) is 5.11 Å². The van der Waals surface area contributed by atoms with Crippen molar-refractivity contribution in [3.8, 4) is 5.75 Å². The number of rotatable bonds is 3. The standard InChI is InChI=1S/C10H15NO2/c1-7(11-2)10(13)8-3-5-9(12)6-4-8/h3-7,10-13H,1-2H3/t7-,10+/m1/s1. The van der Waals surface area contributed by atoms with Crippen molar-refractivity contribution in [2.24, 2.45) is 0 Å². The van der Waals surface area contributed by atoms with Crippen molar-refractivity contribution >= 4 is 0 Å². The van der Waals surface area contributed by atoms with E-state index in [0.29, 0.717) is 0 Å². The van der Waals surface area contributed by atoms with Crippen LogP contribution in [-0.2, 0) is 0 Å². The van der Waals surface area contributed by atoms with Crippen LogP contribution in [0.2, 0.25) is 0 Å². The number of aromatic hydroxyl groups is 1. The number of benzene rings is 1. The summed E-state index contributed by atoms with van der Waals surface area (Å²) in [4.78, 5) is 0. The molecule has 3 heteroatoms. The van der Waals surface area contributed by atoms with Gasteiger partial charge in [0.25, 0.3) is 0 Å². The molecule has 0 radical (unpaired) electrons. The number of nitrogens with one attached hydrogen (secondary N) is 1. The minimum Gasteiger partial charge on any atom is -0.508 e. The number of aliphatic hydroxyl groups excluding tert-OH is 1. The van der Waals surface area contributed by atoms with Crippen molar-refractivity contribution < 1.29 is 10.2 Å². The van der Waals surface area contributed by atoms with E-state index < -0.39 is 6.10 Å². The number of aliphatic hydroxyl groups is 1. The molecule has 1 aromatic rings. The molecule has 0 saturated heterocycles. The molecule has 0 bridgehead atoms. The largest absolute Gasteiger partial charge is 0.508 e. The number of phenolic OH excluding ortho intramolecular Hbond substituents is 1. The Hall–Kier alpha value is -1.06. The first-order chi connectivity index (χ1) is 6.15. The molecule has 0 aliphatic carbocycles. The van der Waals surface area contributed by atoms with Crippen molar-refractivity contribution in [2.45, 2.75) is 19.1 Å². The van der Waals surface area contributed by atoms with E-state index in [-0.39, 0.29) is 11.8 Å². The molecule has 0 unspecified atom stereocenters. The molecule has 0 aliphatic rings. The fraction of sp³-hybridized carbons (Fsp3) is 0.400. The van der Waals surface area contributed by atoms with E-state index in [1.54, 1.807) is 31.3 Å². The zero-order valence-corrected chi connectivity index (χ0v) is 7.86. The van der Waals surface area contributed by atoms with Gasteiger partial charge in [0.05, 0.1) is 6.10 Å². The van der Waals surface area contributed by atoms with Crippen molar-refractivity contribution in [3.05, 3.63) is 29.8 Å². The lowest BCUT2D eigenvalue weighted by molar-refractivity contribution is 0.140. The molecule has 0 aromatic heterocycles. The zero-order chi connectivity index (χ0) is 9.84. The van der Waals surface area contributed by atoms with Crippen LogP contribution in [0.25, 0.3) is 0 Å². The van der Waals surface area contributed by atoms with Crippen molar-refractivity contribution in [2.75, 3.05) is 7.05 Å². The smallest absolute Gasteiger partial charge is 0.115 e. The molecule has 72 valence electrons. The van der Waals surface area contributed by atoms with Gasteiger partial charge in [-0.3, -0.25) is 0 Å². The predicted octanol–water partition coefficient (Wildman–Crippen LogP) is 1.03. The van der Waals surface area contributed by atoms with Crippen LogP contribution in [0.5, 0.6) is 5.75 Å². The molecule has 0 amide bonds. The van der Waals surface area contributed by atoms with Gasteiger partial charge in [-0.2, -0.15) is 0 Å². The summed E-state index contributed by atoms with van der Waals surface area (Å²) in [6.07, 6.45) is -0.536. The van der Waals surface area contributed by atoms with Crippen LogP contribution < -0.4 is 5.32 Å². The Labute approximate surface area is 78.0 Å². The summed E-state index contributed by atoms with van der Waals surface area (Å²) in [5.41, 5.74) is 0.805. The molecule has 0 heterocycles. The molecule has 0 spiro atoms. The first-order valence-corrected chi connectivity index (χ1v) is 4.29. The molecule has 0 saturated carbocycles. The highest BCUT2D eigenvalue weighted by atomic mass is 16.3. The fourth-order valence-corrected chi connectivity index (χ4v) is 1.12. The van der Waals surface area contributed by atoms with Crippen molar-refractivity contribution in [1.82, 2.24) is 5.32 Å². The van der Waals surface area contributed by atoms with E-state index >= 15 is 0 Å². The third kappa shape index (κ3) is 2.44. The Morgan fingerprint density at radius 3 is 2.23 bits per heavy atom. The lowest BCUT2D eigenvalue weighted by Gasteiger charge is -2.18. The third-order valence-electron chi connectivity index (χ3n) is 2.16. The summed E-state index contributed by atoms with van der Waals surface area (Å²) in [6, 6.07) is 6.58. The van der Waals surface area contributed by atoms with Gasteiger partial charge in [-0.25, -0.2) is 0 Å². The van der Waals surface area contributed by atoms with Crippen molar-refractivity contribution in [3.63, 3.8) is 0 Å². The molecule has 0 aliphatic heterocycles. The number of hydrogen-bond acceptors (Lipinski definition) is 3. The van der Waals surface area contributed by atoms with Gasteiger partial charge in [-0.15, -0.1) is 0 Å². The average molecular weight is 181 g/mol. The number of hydrogen-bond donors (Lipinski definition) is 3. The van der Waals surface area contributed by atoms with Crippen LogP contribution in [0.4, 0.5) is 0 Å². The second kappa shape index (κ2) is 4.25. The fourth-order valence-electron chi connectivity index (χ4n) is 1.12. The Balaban J connectivity index is 2.77. The Morgan fingerprint density at radius 1 is 1.23 bits per heavy atom. The predicted molar refractivity (Wildman–Crippen MR) is 51.6 cm³/mol. The summed E-state index contributed by atoms with van der Waals surface area (Å²) >= 11 is 0. The van der Waals surface area contributed by atoms with E-state index in [1.807, 2.05) is 6.92 Å². The Morgan fingerprint density at radius 2 is 1.77 bits per heavy atom. The van der Waals surface area contributed by atoms with Gasteiger partial charge in [-0.1, -0.05) is 12.1 Å². The van der Waals surface area contributed by atoms with Gasteiger partial charge in [0.2, 0.25) is 0 Å². The van der Waals surface area contributed by atoms with Gasteiger partial charge in [0, 0.05) is 6.04 Å². The van der Waals surface area contributed by atoms with Gasteiger partial charge in [0.1, 0.15) is 5.75 Å². The Kier molecular flexibility index (Phi) is 3.28. The average Bonchev–Trinajstić information content (AvgIpc) is 2.17. The molecule has 13 heavy (non-hydrogen) atoms. The highest BCUT2D eigenvalue weighted by Crippen LogP contribution is 2.19. The first-order valence-electron chi connectivity index (χ1n) is 4.29. The second-order valence-corrected chi connectivity index (χ2v) is 3.11. The number of likely N-dealkylation sites (N-methyl/N-ethyl adjacent to an activating group) is 1. The van der Waals surface area contributed by atoms with Gasteiger partial charge >= 0.3 is 0 Å². The molecular formula is C10H15NO2. The topological polar surface area (TPSA) is 52.5 Å². The summed E-state index contributed by atoms with van der Waals surface area (Å²) in [6.45, 7) is 1.90. The second-order valence-electron chi connectivity index (χ2n) is 3.11. The summed E-state index contributed by atoms with van der Waals surface area (Å²) in [5, 5.41) is 21.7. The SMILES string of the molecule is CN[C@H](C)[C@H](O)c1ccc(O)cc1. The van der Waals surface area contributed by atoms with Crippen LogP contribution >= 0.6 is 0 Å². The van der Waals surface area contributed by atoms with Crippen LogP contribution in [0.3, 0.4) is 0 Å². The molecule has 0 fully saturated rings. The minimum atomic E-state index is -0.536. The quantitative estimate of drug-likeness (QED) is 0.653. The highest BCUT2D eigenvalue weighted by molar-refractivity contribution is 5.27. The summed E-state index contributed by atoms with van der Waals surface area (Å²) < 4.78 is 0. The maximum Gasteiger partial charge on any atom is 0.115 e. The molecule has 2 atom stereocenters. The molecule has 1 aromatic carbocycles. The van der Waals surface area contributed by atoms with Crippen LogP contribution in [0.1, 0.15) is 18.6 Å². The van der Waals surface area contributed by atoms with Crippen molar-refractivity contribution in [1.29, 1.82) is 0 Å². The van der Waals surface area contributed by atoms with Gasteiger partial charge in [-0.05, 0) is 31.7 Å². The first kappa shape index (κ1) is 10.0. The van der Waals surface area contributed by atoms with Gasteiger partial charge < -0.3 is 15.5 Å². The maximum atomic E-state index is 9.74. The minimum absolute atomic E-state index is 0.00421. The molecule has 1 rings (SSSR count). The molecule has 3 N–H and O–H groups in total. The molecule has 3 nitrogen and oxygen atoms in total. The Bertz CT molecular complexity index is 258. The van der Waals surface area contributed by atoms with E-state index in [0.717, 1.165) is 5.56 Å². The highest BCUT2D eigenvalue weighted by Gasteiger charge is 2.13. The lowest BCUT2D eigenvalue weighted by Crippen LogP contribution is -2.28. The summed E-state index contributed by atoms with van der Waals surface area (Å²) in [5.74, 6) is 0.216. The molecular weight excluding hydrogens is 166 g/mol. The maximum absolute atomic E-state index is 9.74. The van der Waals surface area contributed by atoms with E-state index in [1.165, 1.54) is 0 Å². The van der Waals surface area contributed by atoms with E-state index in [4.69, 9.17) is 5.11 Å². The third-order valence-corrected chi connectivity index (χ3v) is 2.16. The number of phenols is 1. The summed E-state index contributed by atoms with van der Waals surface area (Å²) in [7, 11) is 1.80.